The van der Waals surface area contributed by atoms with Crippen LogP contribution in [0.3, 0.4) is 0 Å². The third-order valence-corrected chi connectivity index (χ3v) is 12.2. The van der Waals surface area contributed by atoms with Crippen molar-refractivity contribution in [3.8, 4) is 0 Å². The van der Waals surface area contributed by atoms with Gasteiger partial charge in [-0.15, -0.1) is 0 Å². The first-order valence-electron chi connectivity index (χ1n) is 18.6. The zero-order valence-corrected chi connectivity index (χ0v) is 30.5. The molecule has 0 amide bonds. The van der Waals surface area contributed by atoms with Crippen LogP contribution in [0.15, 0.2) is 35.9 Å². The van der Waals surface area contributed by atoms with Gasteiger partial charge in [-0.2, -0.15) is 0 Å². The maximum Gasteiger partial charge on any atom is 0.306 e. The number of rotatable bonds is 11. The highest BCUT2D eigenvalue weighted by molar-refractivity contribution is 5.98. The van der Waals surface area contributed by atoms with E-state index in [1.807, 2.05) is 33.8 Å². The van der Waals surface area contributed by atoms with Gasteiger partial charge in [-0.25, -0.2) is 4.39 Å². The van der Waals surface area contributed by atoms with Crippen molar-refractivity contribution >= 4 is 11.8 Å². The van der Waals surface area contributed by atoms with Crippen molar-refractivity contribution in [1.29, 1.82) is 0 Å². The number of fused-ring (bicyclic) bond motifs is 5. The van der Waals surface area contributed by atoms with Gasteiger partial charge in [0.05, 0.1) is 18.6 Å². The Kier molecular flexibility index (Phi) is 13.1. The summed E-state index contributed by atoms with van der Waals surface area (Å²) in [6.07, 6.45) is 5.51. The number of Topliss-reactive ketones (excluding diaryl/α,β-unsaturated/α-hetero) is 1. The van der Waals surface area contributed by atoms with Crippen LogP contribution in [0.2, 0.25) is 0 Å². The Balaban J connectivity index is 1.46. The molecule has 0 bridgehead atoms. The molecule has 8 nitrogen and oxygen atoms in total. The molecule has 2 saturated carbocycles. The minimum absolute atomic E-state index is 0.0116. The summed E-state index contributed by atoms with van der Waals surface area (Å²) in [4.78, 5) is 27.7. The van der Waals surface area contributed by atoms with Crippen LogP contribution < -0.4 is 0 Å². The third kappa shape index (κ3) is 8.33. The van der Waals surface area contributed by atoms with Crippen LogP contribution in [0.25, 0.3) is 0 Å². The van der Waals surface area contributed by atoms with Gasteiger partial charge in [0.1, 0.15) is 24.1 Å². The van der Waals surface area contributed by atoms with Gasteiger partial charge in [-0.3, -0.25) is 9.59 Å². The lowest BCUT2D eigenvalue weighted by Gasteiger charge is -2.44. The molecule has 1 aromatic carbocycles. The van der Waals surface area contributed by atoms with Gasteiger partial charge in [-0.05, 0) is 104 Å². The second-order valence-electron chi connectivity index (χ2n) is 15.4. The van der Waals surface area contributed by atoms with Crippen LogP contribution in [0.4, 0.5) is 4.39 Å². The molecular weight excluding hydrogens is 627 g/mol. The number of methoxy groups -OCH3 is 3. The maximum atomic E-state index is 14.7. The maximum absolute atomic E-state index is 14.7. The highest BCUT2D eigenvalue weighted by atomic mass is 19.1. The zero-order chi connectivity index (χ0) is 35.4. The van der Waals surface area contributed by atoms with E-state index in [0.29, 0.717) is 6.42 Å². The van der Waals surface area contributed by atoms with Crippen molar-refractivity contribution in [3.05, 3.63) is 47.3 Å². The molecular formula is C40H59FO8. The van der Waals surface area contributed by atoms with E-state index >= 15 is 0 Å². The largest absolute Gasteiger partial charge is 0.462 e. The van der Waals surface area contributed by atoms with E-state index in [-0.39, 0.29) is 89.6 Å². The zero-order valence-electron chi connectivity index (χ0n) is 30.5. The van der Waals surface area contributed by atoms with Crippen molar-refractivity contribution in [2.24, 2.45) is 41.4 Å². The van der Waals surface area contributed by atoms with E-state index < -0.39 is 18.5 Å². The monoisotopic (exact) mass is 686 g/mol. The Bertz CT molecular complexity index is 1300. The van der Waals surface area contributed by atoms with E-state index in [1.165, 1.54) is 13.2 Å². The van der Waals surface area contributed by atoms with Gasteiger partial charge < -0.3 is 28.8 Å². The van der Waals surface area contributed by atoms with Gasteiger partial charge in [-0.1, -0.05) is 52.3 Å². The lowest BCUT2D eigenvalue weighted by molar-refractivity contribution is -0.236. The molecule has 13 atom stereocenters. The van der Waals surface area contributed by atoms with E-state index in [9.17, 15) is 19.1 Å². The van der Waals surface area contributed by atoms with E-state index in [1.54, 1.807) is 26.4 Å². The fourth-order valence-corrected chi connectivity index (χ4v) is 9.85. The molecule has 7 unspecified atom stereocenters. The number of hydrogen-bond donors (Lipinski definition) is 1. The summed E-state index contributed by atoms with van der Waals surface area (Å²) in [6.45, 7) is 8.13. The van der Waals surface area contributed by atoms with Gasteiger partial charge in [0.15, 0.2) is 12.1 Å². The van der Waals surface area contributed by atoms with Crippen molar-refractivity contribution < 1.29 is 42.8 Å². The van der Waals surface area contributed by atoms with Gasteiger partial charge in [0, 0.05) is 33.2 Å². The standard InChI is InChI=1S/C40H59FO8/c1-8-27-15-10-9-12-23(4)36(43)33-20-31-29-19-28(49-40(44)39(47-7)38(46-6)37(45-5)22(2)3)17-25(29)18-30(24-13-11-14-26(41)16-24)35(31)32(33)21-34(42)48-27/h11,13-14,16,20,22-23,25,27-32,35,37-40,44H,8-10,12,15,17-19,21H2,1-7H3/t23-,25?,27+,28-,29-,30?,31+,32-,35?,37?,38?,39?,40?/m1/s1. The van der Waals surface area contributed by atoms with Crippen molar-refractivity contribution in [1.82, 2.24) is 0 Å². The fourth-order valence-electron chi connectivity index (χ4n) is 9.85. The molecule has 3 fully saturated rings. The van der Waals surface area contributed by atoms with Crippen molar-refractivity contribution in [3.63, 3.8) is 0 Å². The molecule has 1 N–H and O–H groups in total. The summed E-state index contributed by atoms with van der Waals surface area (Å²) in [5.74, 6) is -0.399. The Labute approximate surface area is 292 Å². The number of carbonyl (C=O) groups excluding carboxylic acids is 2. The van der Waals surface area contributed by atoms with E-state index in [4.69, 9.17) is 23.7 Å². The number of carbonyl (C=O) groups is 2. The Hall–Kier alpha value is -2.17. The van der Waals surface area contributed by atoms with Crippen LogP contribution in [-0.4, -0.2) is 75.0 Å². The summed E-state index contributed by atoms with van der Waals surface area (Å²) in [7, 11) is 4.75. The first kappa shape index (κ1) is 38.1. The molecule has 0 radical (unpaired) electrons. The lowest BCUT2D eigenvalue weighted by Crippen LogP contribution is -2.50. The minimum atomic E-state index is -1.24. The summed E-state index contributed by atoms with van der Waals surface area (Å²) < 4.78 is 44.4. The predicted octanol–water partition coefficient (Wildman–Crippen LogP) is 7.02. The van der Waals surface area contributed by atoms with Gasteiger partial charge in [0.2, 0.25) is 0 Å². The molecule has 9 heteroatoms. The molecule has 4 aliphatic rings. The predicted molar refractivity (Wildman–Crippen MR) is 184 cm³/mol. The molecule has 1 saturated heterocycles. The number of aliphatic hydroxyl groups excluding tert-OH is 1. The summed E-state index contributed by atoms with van der Waals surface area (Å²) in [6, 6.07) is 6.81. The molecule has 3 aliphatic carbocycles. The van der Waals surface area contributed by atoms with Gasteiger partial charge in [0.25, 0.3) is 0 Å². The SMILES string of the molecule is CC[C@H]1CCCC[C@@H](C)C(=O)C2=C[C@@H]3C(C(c4cccc(F)c4)CC4C[C@@H](OC(O)C(OC)C(OC)C(OC)C(C)C)C[C@H]43)[C@@H]2CC(=O)O1. The first-order chi connectivity index (χ1) is 23.5. The number of ketones is 1. The fraction of sp³-hybridized carbons (Fsp3) is 0.750. The summed E-state index contributed by atoms with van der Waals surface area (Å²) >= 11 is 0. The Morgan fingerprint density at radius 1 is 0.959 bits per heavy atom. The van der Waals surface area contributed by atoms with Crippen LogP contribution in [-0.2, 0) is 33.3 Å². The van der Waals surface area contributed by atoms with Crippen LogP contribution in [0.5, 0.6) is 0 Å². The lowest BCUT2D eigenvalue weighted by atomic mass is 9.59. The molecule has 274 valence electrons. The Morgan fingerprint density at radius 2 is 1.67 bits per heavy atom. The average molecular weight is 687 g/mol. The summed E-state index contributed by atoms with van der Waals surface area (Å²) in [5.41, 5.74) is 1.65. The number of esters is 1. The molecule has 1 aliphatic heterocycles. The summed E-state index contributed by atoms with van der Waals surface area (Å²) in [5, 5.41) is 11.4. The number of allylic oxidation sites excluding steroid dienone is 2. The quantitative estimate of drug-likeness (QED) is 0.196. The number of halogens is 1. The topological polar surface area (TPSA) is 101 Å². The van der Waals surface area contributed by atoms with Crippen LogP contribution in [0.1, 0.15) is 97.0 Å². The molecule has 0 spiro atoms. The molecule has 1 heterocycles. The van der Waals surface area contributed by atoms with Crippen molar-refractivity contribution in [2.45, 2.75) is 128 Å². The van der Waals surface area contributed by atoms with E-state index in [2.05, 4.69) is 6.08 Å². The first-order valence-corrected chi connectivity index (χ1v) is 18.6. The average Bonchev–Trinajstić information content (AvgIpc) is 3.65. The highest BCUT2D eigenvalue weighted by Gasteiger charge is 2.56. The third-order valence-electron chi connectivity index (χ3n) is 12.2. The van der Waals surface area contributed by atoms with Crippen LogP contribution in [0, 0.1) is 47.2 Å². The molecule has 1 aromatic rings. The van der Waals surface area contributed by atoms with Gasteiger partial charge >= 0.3 is 5.97 Å². The molecule has 5 rings (SSSR count). The van der Waals surface area contributed by atoms with Crippen molar-refractivity contribution in [2.75, 3.05) is 21.3 Å². The number of benzene rings is 1. The molecule has 49 heavy (non-hydrogen) atoms. The number of ether oxygens (including phenoxy) is 5. The second kappa shape index (κ2) is 16.9. The minimum Gasteiger partial charge on any atom is -0.462 e. The molecule has 0 aromatic heterocycles. The Morgan fingerprint density at radius 3 is 2.33 bits per heavy atom. The second-order valence-corrected chi connectivity index (χ2v) is 15.4. The normalized spacial score (nSPS) is 34.8. The highest BCUT2D eigenvalue weighted by Crippen LogP contribution is 2.61. The number of aliphatic hydroxyl groups is 1. The van der Waals surface area contributed by atoms with Crippen LogP contribution >= 0.6 is 0 Å². The smallest absolute Gasteiger partial charge is 0.306 e. The number of cyclic esters (lactones) is 1. The van der Waals surface area contributed by atoms with E-state index in [0.717, 1.165) is 56.1 Å². The number of hydrogen-bond acceptors (Lipinski definition) is 8.